The van der Waals surface area contributed by atoms with Crippen LogP contribution in [0.25, 0.3) is 6.08 Å². The topological polar surface area (TPSA) is 38.3 Å². The van der Waals surface area contributed by atoms with Crippen LogP contribution in [-0.2, 0) is 9.63 Å². The third-order valence-electron chi connectivity index (χ3n) is 1.40. The molecule has 1 amide bonds. The van der Waals surface area contributed by atoms with Crippen molar-refractivity contribution >= 4 is 12.5 Å². The monoisotopic (exact) mass is 176 g/mol. The number of amides is 1. The highest BCUT2D eigenvalue weighted by molar-refractivity contribution is 5.48. The third-order valence-corrected chi connectivity index (χ3v) is 1.40. The van der Waals surface area contributed by atoms with Crippen molar-refractivity contribution in [2.24, 2.45) is 0 Å². The van der Waals surface area contributed by atoms with Crippen LogP contribution in [0.5, 0.6) is 0 Å². The van der Waals surface area contributed by atoms with E-state index in [1.807, 2.05) is 41.9 Å². The fourth-order valence-electron chi connectivity index (χ4n) is 0.868. The van der Waals surface area contributed by atoms with E-state index in [9.17, 15) is 4.79 Å². The van der Waals surface area contributed by atoms with Gasteiger partial charge in [-0.1, -0.05) is 42.5 Å². The summed E-state index contributed by atoms with van der Waals surface area (Å²) in [7, 11) is 0. The van der Waals surface area contributed by atoms with Crippen molar-refractivity contribution < 1.29 is 9.63 Å². The Balaban J connectivity index is 2.28. The molecule has 0 aliphatic heterocycles. The molecule has 0 fully saturated rings. The molecule has 67 valence electrons. The van der Waals surface area contributed by atoms with Gasteiger partial charge in [-0.25, -0.2) is 5.48 Å². The van der Waals surface area contributed by atoms with Crippen molar-refractivity contribution in [3.8, 4) is 0 Å². The van der Waals surface area contributed by atoms with Crippen LogP contribution in [0.15, 0.2) is 36.4 Å². The van der Waals surface area contributed by atoms with E-state index < -0.39 is 0 Å². The summed E-state index contributed by atoms with van der Waals surface area (Å²) < 4.78 is 0. The van der Waals surface area contributed by atoms with Crippen molar-refractivity contribution in [3.05, 3.63) is 42.0 Å². The highest BCUT2D eigenvalue weighted by Gasteiger charge is 1.82. The van der Waals surface area contributed by atoms with Crippen molar-refractivity contribution in [2.45, 2.75) is 0 Å². The standard InChI is InChI=1S/C10H10NO2/c12-9-11-13-8-4-7-10-5-2-1-3-6-10/h1-7H,8H2,(H,11,12)/b7-4+. The van der Waals surface area contributed by atoms with Gasteiger partial charge in [0.2, 0.25) is 0 Å². The molecule has 0 spiro atoms. The van der Waals surface area contributed by atoms with Crippen LogP contribution in [0.3, 0.4) is 0 Å². The molecule has 0 aliphatic carbocycles. The van der Waals surface area contributed by atoms with E-state index in [1.165, 1.54) is 6.41 Å². The smallest absolute Gasteiger partial charge is 0.269 e. The zero-order chi connectivity index (χ0) is 9.36. The van der Waals surface area contributed by atoms with Crippen LogP contribution in [0, 0.1) is 0 Å². The van der Waals surface area contributed by atoms with Gasteiger partial charge in [0.1, 0.15) is 0 Å². The molecule has 0 atom stereocenters. The highest BCUT2D eigenvalue weighted by Crippen LogP contribution is 1.99. The molecule has 0 saturated heterocycles. The zero-order valence-electron chi connectivity index (χ0n) is 7.07. The minimum Gasteiger partial charge on any atom is -0.269 e. The van der Waals surface area contributed by atoms with Gasteiger partial charge in [-0.3, -0.25) is 9.63 Å². The highest BCUT2D eigenvalue weighted by atomic mass is 16.6. The summed E-state index contributed by atoms with van der Waals surface area (Å²) >= 11 is 0. The Morgan fingerprint density at radius 1 is 1.38 bits per heavy atom. The number of carbonyl (C=O) groups excluding carboxylic acids is 1. The number of nitrogens with one attached hydrogen (secondary N) is 1. The minimum atomic E-state index is 0.337. The minimum absolute atomic E-state index is 0.337. The van der Waals surface area contributed by atoms with Crippen molar-refractivity contribution in [3.63, 3.8) is 0 Å². The van der Waals surface area contributed by atoms with Crippen LogP contribution >= 0.6 is 0 Å². The third kappa shape index (κ3) is 4.08. The number of rotatable bonds is 5. The van der Waals surface area contributed by atoms with E-state index in [0.29, 0.717) is 6.61 Å². The number of hydrogen-bond donors (Lipinski definition) is 1. The van der Waals surface area contributed by atoms with Crippen LogP contribution < -0.4 is 5.48 Å². The fraction of sp³-hybridized carbons (Fsp3) is 0.100. The molecule has 3 heteroatoms. The molecule has 1 aromatic carbocycles. The van der Waals surface area contributed by atoms with Gasteiger partial charge in [-0.15, -0.1) is 0 Å². The molecule has 1 radical (unpaired) electrons. The summed E-state index contributed by atoms with van der Waals surface area (Å²) in [4.78, 5) is 14.3. The number of hydroxylamine groups is 1. The predicted molar refractivity (Wildman–Crippen MR) is 50.3 cm³/mol. The lowest BCUT2D eigenvalue weighted by Gasteiger charge is -1.93. The first-order chi connectivity index (χ1) is 6.43. The van der Waals surface area contributed by atoms with Gasteiger partial charge in [0.05, 0.1) is 6.61 Å². The van der Waals surface area contributed by atoms with Crippen molar-refractivity contribution in [2.75, 3.05) is 6.61 Å². The molecule has 1 rings (SSSR count). The number of hydrogen-bond acceptors (Lipinski definition) is 2. The first kappa shape index (κ1) is 9.48. The first-order valence-corrected chi connectivity index (χ1v) is 3.89. The number of benzene rings is 1. The summed E-state index contributed by atoms with van der Waals surface area (Å²) in [5.74, 6) is 0. The van der Waals surface area contributed by atoms with E-state index in [2.05, 4.69) is 4.84 Å². The Kier molecular flexibility index (Phi) is 4.35. The molecule has 3 nitrogen and oxygen atoms in total. The lowest BCUT2D eigenvalue weighted by Crippen LogP contribution is -2.10. The maximum atomic E-state index is 9.65. The molecule has 0 saturated carbocycles. The second-order valence-corrected chi connectivity index (χ2v) is 2.33. The van der Waals surface area contributed by atoms with E-state index in [1.54, 1.807) is 6.08 Å². The van der Waals surface area contributed by atoms with Crippen LogP contribution in [0.2, 0.25) is 0 Å². The van der Waals surface area contributed by atoms with Gasteiger partial charge in [-0.05, 0) is 5.56 Å². The normalized spacial score (nSPS) is 10.2. The second kappa shape index (κ2) is 5.97. The van der Waals surface area contributed by atoms with Gasteiger partial charge in [0.15, 0.2) is 0 Å². The molecule has 0 heterocycles. The summed E-state index contributed by atoms with van der Waals surface area (Å²) in [5.41, 5.74) is 3.08. The average molecular weight is 176 g/mol. The Morgan fingerprint density at radius 3 is 2.85 bits per heavy atom. The SMILES string of the molecule is O=[C]NOC/C=C/c1ccccc1. The zero-order valence-corrected chi connectivity index (χ0v) is 7.07. The lowest BCUT2D eigenvalue weighted by molar-refractivity contribution is 0.108. The Labute approximate surface area is 77.0 Å². The largest absolute Gasteiger partial charge is 0.335 e. The van der Waals surface area contributed by atoms with E-state index in [0.717, 1.165) is 5.56 Å². The van der Waals surface area contributed by atoms with Gasteiger partial charge in [0, 0.05) is 0 Å². The molecule has 0 unspecified atom stereocenters. The van der Waals surface area contributed by atoms with Crippen LogP contribution in [0.4, 0.5) is 0 Å². The molecule has 1 N–H and O–H groups in total. The predicted octanol–water partition coefficient (Wildman–Crippen LogP) is 1.29. The van der Waals surface area contributed by atoms with Gasteiger partial charge >= 0.3 is 6.41 Å². The molecular formula is C10H10NO2. The second-order valence-electron chi connectivity index (χ2n) is 2.33. The Bertz CT molecular complexity index is 270. The lowest BCUT2D eigenvalue weighted by atomic mass is 10.2. The van der Waals surface area contributed by atoms with E-state index >= 15 is 0 Å². The first-order valence-electron chi connectivity index (χ1n) is 3.89. The molecule has 1 aromatic rings. The summed E-state index contributed by atoms with van der Waals surface area (Å²) in [5, 5.41) is 0. The van der Waals surface area contributed by atoms with Crippen molar-refractivity contribution in [1.82, 2.24) is 5.48 Å². The Hall–Kier alpha value is -1.61. The van der Waals surface area contributed by atoms with Gasteiger partial charge in [0.25, 0.3) is 0 Å². The maximum absolute atomic E-state index is 9.65. The quantitative estimate of drug-likeness (QED) is 0.417. The molecule has 0 bridgehead atoms. The summed E-state index contributed by atoms with van der Waals surface area (Å²) in [6.45, 7) is 0.337. The van der Waals surface area contributed by atoms with E-state index in [-0.39, 0.29) is 0 Å². The van der Waals surface area contributed by atoms with Crippen LogP contribution in [0.1, 0.15) is 5.56 Å². The van der Waals surface area contributed by atoms with E-state index in [4.69, 9.17) is 0 Å². The average Bonchev–Trinajstić information content (AvgIpc) is 2.19. The Morgan fingerprint density at radius 2 is 2.15 bits per heavy atom. The molecule has 0 aliphatic rings. The van der Waals surface area contributed by atoms with Crippen molar-refractivity contribution in [1.29, 1.82) is 0 Å². The molecule has 13 heavy (non-hydrogen) atoms. The molecule has 0 aromatic heterocycles. The summed E-state index contributed by atoms with van der Waals surface area (Å²) in [6, 6.07) is 9.83. The van der Waals surface area contributed by atoms with Crippen LogP contribution in [-0.4, -0.2) is 13.0 Å². The van der Waals surface area contributed by atoms with Gasteiger partial charge < -0.3 is 0 Å². The summed E-state index contributed by atoms with van der Waals surface area (Å²) in [6.07, 6.45) is 5.12. The maximum Gasteiger partial charge on any atom is 0.335 e. The fourth-order valence-corrected chi connectivity index (χ4v) is 0.868. The molecular weight excluding hydrogens is 166 g/mol. The van der Waals surface area contributed by atoms with Gasteiger partial charge in [-0.2, -0.15) is 0 Å².